The second kappa shape index (κ2) is 5.57. The fraction of sp³-hybridized carbons (Fsp3) is 0.357. The van der Waals surface area contributed by atoms with Crippen LogP contribution in [0, 0.1) is 13.8 Å². The molecular weight excluding hydrogens is 356 g/mol. The van der Waals surface area contributed by atoms with E-state index in [9.17, 15) is 0 Å². The molecule has 1 heterocycles. The molecule has 1 aromatic carbocycles. The number of halogens is 2. The standard InChI is InChI=1S/C14H16Br2N2/c1-4-13-9(2)17-18(10(13)3)14-6-5-12(16)7-11(14)8-15/h5-7H,4,8H2,1-3H3. The molecule has 0 atom stereocenters. The van der Waals surface area contributed by atoms with Crippen molar-refractivity contribution < 1.29 is 0 Å². The second-order valence-corrected chi connectivity index (χ2v) is 5.80. The van der Waals surface area contributed by atoms with Gasteiger partial charge in [-0.3, -0.25) is 0 Å². The van der Waals surface area contributed by atoms with Crippen LogP contribution in [0.2, 0.25) is 0 Å². The van der Waals surface area contributed by atoms with Crippen molar-refractivity contribution in [3.8, 4) is 5.69 Å². The molecule has 18 heavy (non-hydrogen) atoms. The van der Waals surface area contributed by atoms with Gasteiger partial charge in [0.2, 0.25) is 0 Å². The first-order valence-electron chi connectivity index (χ1n) is 5.98. The minimum Gasteiger partial charge on any atom is -0.237 e. The van der Waals surface area contributed by atoms with Gasteiger partial charge in [-0.05, 0) is 49.6 Å². The lowest BCUT2D eigenvalue weighted by atomic mass is 10.1. The molecule has 2 rings (SSSR count). The van der Waals surface area contributed by atoms with Gasteiger partial charge in [0.05, 0.1) is 11.4 Å². The van der Waals surface area contributed by atoms with E-state index < -0.39 is 0 Å². The van der Waals surface area contributed by atoms with E-state index in [1.807, 2.05) is 0 Å². The lowest BCUT2D eigenvalue weighted by Crippen LogP contribution is -2.03. The predicted octanol–water partition coefficient (Wildman–Crippen LogP) is 4.71. The van der Waals surface area contributed by atoms with Gasteiger partial charge in [-0.1, -0.05) is 38.8 Å². The Morgan fingerprint density at radius 3 is 2.56 bits per heavy atom. The molecule has 2 aromatic rings. The van der Waals surface area contributed by atoms with E-state index in [1.54, 1.807) is 0 Å². The van der Waals surface area contributed by atoms with E-state index in [2.05, 4.69) is 80.6 Å². The summed E-state index contributed by atoms with van der Waals surface area (Å²) in [5, 5.41) is 5.49. The van der Waals surface area contributed by atoms with Crippen LogP contribution in [-0.2, 0) is 11.8 Å². The number of hydrogen-bond acceptors (Lipinski definition) is 1. The average molecular weight is 372 g/mol. The molecule has 0 spiro atoms. The number of rotatable bonds is 3. The molecule has 0 aliphatic carbocycles. The molecule has 0 aliphatic heterocycles. The number of alkyl halides is 1. The largest absolute Gasteiger partial charge is 0.237 e. The molecule has 4 heteroatoms. The second-order valence-electron chi connectivity index (χ2n) is 4.32. The minimum atomic E-state index is 0.821. The zero-order chi connectivity index (χ0) is 13.3. The van der Waals surface area contributed by atoms with Crippen molar-refractivity contribution in [3.63, 3.8) is 0 Å². The minimum absolute atomic E-state index is 0.821. The Morgan fingerprint density at radius 2 is 2.00 bits per heavy atom. The summed E-state index contributed by atoms with van der Waals surface area (Å²) >= 11 is 7.06. The van der Waals surface area contributed by atoms with Gasteiger partial charge in [0.15, 0.2) is 0 Å². The quantitative estimate of drug-likeness (QED) is 0.714. The molecule has 2 nitrogen and oxygen atoms in total. The van der Waals surface area contributed by atoms with Crippen molar-refractivity contribution in [2.45, 2.75) is 32.5 Å². The first-order chi connectivity index (χ1) is 8.58. The molecule has 0 amide bonds. The first kappa shape index (κ1) is 13.8. The number of aromatic nitrogens is 2. The number of benzene rings is 1. The molecule has 0 bridgehead atoms. The van der Waals surface area contributed by atoms with Crippen molar-refractivity contribution in [3.05, 3.63) is 45.2 Å². The highest BCUT2D eigenvalue weighted by molar-refractivity contribution is 9.10. The molecule has 0 aliphatic rings. The topological polar surface area (TPSA) is 17.8 Å². The van der Waals surface area contributed by atoms with Crippen LogP contribution in [0.15, 0.2) is 22.7 Å². The highest BCUT2D eigenvalue weighted by Crippen LogP contribution is 2.25. The van der Waals surface area contributed by atoms with Crippen molar-refractivity contribution in [1.29, 1.82) is 0 Å². The first-order valence-corrected chi connectivity index (χ1v) is 7.89. The van der Waals surface area contributed by atoms with Crippen molar-refractivity contribution in [2.24, 2.45) is 0 Å². The summed E-state index contributed by atoms with van der Waals surface area (Å²) in [6.07, 6.45) is 1.03. The molecular formula is C14H16Br2N2. The third-order valence-corrected chi connectivity index (χ3v) is 4.31. The molecule has 0 saturated heterocycles. The summed E-state index contributed by atoms with van der Waals surface area (Å²) in [4.78, 5) is 0. The third kappa shape index (κ3) is 2.41. The molecule has 96 valence electrons. The maximum absolute atomic E-state index is 4.67. The normalized spacial score (nSPS) is 10.9. The van der Waals surface area contributed by atoms with E-state index in [0.29, 0.717) is 0 Å². The highest BCUT2D eigenvalue weighted by atomic mass is 79.9. The maximum Gasteiger partial charge on any atom is 0.0690 e. The van der Waals surface area contributed by atoms with Crippen LogP contribution in [-0.4, -0.2) is 9.78 Å². The van der Waals surface area contributed by atoms with Gasteiger partial charge in [-0.2, -0.15) is 5.10 Å². The molecule has 0 N–H and O–H groups in total. The Hall–Kier alpha value is -0.610. The van der Waals surface area contributed by atoms with Crippen LogP contribution >= 0.6 is 31.9 Å². The van der Waals surface area contributed by atoms with Gasteiger partial charge >= 0.3 is 0 Å². The fourth-order valence-corrected chi connectivity index (χ4v) is 3.15. The SMILES string of the molecule is CCc1c(C)nn(-c2ccc(Br)cc2CBr)c1C. The van der Waals surface area contributed by atoms with E-state index in [4.69, 9.17) is 0 Å². The summed E-state index contributed by atoms with van der Waals surface area (Å²) in [5.41, 5.74) is 6.09. The Bertz CT molecular complexity index is 573. The zero-order valence-electron chi connectivity index (χ0n) is 10.8. The molecule has 0 unspecified atom stereocenters. The highest BCUT2D eigenvalue weighted by Gasteiger charge is 2.13. The van der Waals surface area contributed by atoms with Crippen LogP contribution in [0.5, 0.6) is 0 Å². The summed E-state index contributed by atoms with van der Waals surface area (Å²) in [6.45, 7) is 6.39. The summed E-state index contributed by atoms with van der Waals surface area (Å²) in [6, 6.07) is 6.30. The Kier molecular flexibility index (Phi) is 4.28. The van der Waals surface area contributed by atoms with Gasteiger partial charge in [-0.15, -0.1) is 0 Å². The van der Waals surface area contributed by atoms with E-state index >= 15 is 0 Å². The Labute approximate surface area is 125 Å². The molecule has 0 fully saturated rings. The van der Waals surface area contributed by atoms with Crippen LogP contribution in [0.1, 0.15) is 29.4 Å². The summed E-state index contributed by atoms with van der Waals surface area (Å²) in [7, 11) is 0. The van der Waals surface area contributed by atoms with Crippen LogP contribution in [0.3, 0.4) is 0 Å². The van der Waals surface area contributed by atoms with Crippen LogP contribution in [0.25, 0.3) is 5.69 Å². The summed E-state index contributed by atoms with van der Waals surface area (Å²) in [5.74, 6) is 0. The smallest absolute Gasteiger partial charge is 0.0690 e. The third-order valence-electron chi connectivity index (χ3n) is 3.21. The Balaban J connectivity index is 2.62. The van der Waals surface area contributed by atoms with Gasteiger partial charge in [0.1, 0.15) is 0 Å². The number of aryl methyl sites for hydroxylation is 1. The van der Waals surface area contributed by atoms with Crippen LogP contribution in [0.4, 0.5) is 0 Å². The molecule has 0 radical (unpaired) electrons. The number of hydrogen-bond donors (Lipinski definition) is 0. The van der Waals surface area contributed by atoms with Gasteiger partial charge in [-0.25, -0.2) is 4.68 Å². The van der Waals surface area contributed by atoms with Crippen molar-refractivity contribution in [1.82, 2.24) is 9.78 Å². The van der Waals surface area contributed by atoms with Gasteiger partial charge in [0, 0.05) is 15.5 Å². The van der Waals surface area contributed by atoms with E-state index in [-0.39, 0.29) is 0 Å². The summed E-state index contributed by atoms with van der Waals surface area (Å²) < 4.78 is 3.15. The monoisotopic (exact) mass is 370 g/mol. The maximum atomic E-state index is 4.67. The number of nitrogens with zero attached hydrogens (tertiary/aromatic N) is 2. The van der Waals surface area contributed by atoms with Crippen LogP contribution < -0.4 is 0 Å². The lowest BCUT2D eigenvalue weighted by molar-refractivity contribution is 0.825. The molecule has 0 saturated carbocycles. The zero-order valence-corrected chi connectivity index (χ0v) is 14.0. The predicted molar refractivity (Wildman–Crippen MR) is 82.7 cm³/mol. The van der Waals surface area contributed by atoms with Gasteiger partial charge < -0.3 is 0 Å². The Morgan fingerprint density at radius 1 is 1.28 bits per heavy atom. The fourth-order valence-electron chi connectivity index (χ4n) is 2.29. The van der Waals surface area contributed by atoms with Crippen molar-refractivity contribution in [2.75, 3.05) is 0 Å². The van der Waals surface area contributed by atoms with E-state index in [0.717, 1.165) is 27.6 Å². The van der Waals surface area contributed by atoms with Gasteiger partial charge in [0.25, 0.3) is 0 Å². The van der Waals surface area contributed by atoms with E-state index in [1.165, 1.54) is 16.8 Å². The molecule has 1 aromatic heterocycles. The lowest BCUT2D eigenvalue weighted by Gasteiger charge is -2.10. The van der Waals surface area contributed by atoms with Crippen molar-refractivity contribution >= 4 is 31.9 Å². The average Bonchev–Trinajstić information content (AvgIpc) is 2.64.